The summed E-state index contributed by atoms with van der Waals surface area (Å²) >= 11 is 0. The Labute approximate surface area is 537 Å². The zero-order valence-electron chi connectivity index (χ0n) is 56.4. The number of carboxylic acid groups (broad SMARTS) is 1. The van der Waals surface area contributed by atoms with Crippen LogP contribution in [0, 0.1) is 0 Å². The molecule has 8 N–H and O–H groups in total. The molecule has 0 aromatic carbocycles. The number of carbonyl (C=O) groups excluding carboxylic acids is 1. The number of unbranched alkanes of at least 4 members (excludes halogenated alkanes) is 27. The van der Waals surface area contributed by atoms with Crippen molar-refractivity contribution in [3.05, 3.63) is 12.2 Å². The van der Waals surface area contributed by atoms with Crippen LogP contribution in [0.2, 0.25) is 0 Å². The number of hydrogen-bond acceptors (Lipinski definition) is 16. The van der Waals surface area contributed by atoms with Crippen LogP contribution in [0.25, 0.3) is 0 Å². The van der Waals surface area contributed by atoms with E-state index in [0.717, 1.165) is 161 Å². The lowest BCUT2D eigenvalue weighted by Crippen LogP contribution is -2.69. The van der Waals surface area contributed by atoms with Crippen molar-refractivity contribution in [1.29, 1.82) is 0 Å². The highest BCUT2D eigenvalue weighted by molar-refractivity contribution is 7.46. The van der Waals surface area contributed by atoms with E-state index in [0.29, 0.717) is 25.7 Å². The van der Waals surface area contributed by atoms with Gasteiger partial charge in [-0.2, -0.15) is 0 Å². The zero-order chi connectivity index (χ0) is 65.4. The number of carboxylic acids is 1. The molecule has 1 amide bonds. The molecule has 20 nitrogen and oxygen atoms in total. The Kier molecular flexibility index (Phi) is 49.3. The third kappa shape index (κ3) is 38.5. The maximum absolute atomic E-state index is 14.2. The molecule has 21 heteroatoms. The molecule has 0 saturated carbocycles. The number of allylic oxidation sites excluding steroid dienone is 2. The predicted octanol–water partition coefficient (Wildman–Crippen LogP) is 13.0. The molecule has 2 heterocycles. The Morgan fingerprint density at radius 3 is 1.60 bits per heavy atom. The highest BCUT2D eigenvalue weighted by Gasteiger charge is 2.58. The molecule has 2 fully saturated rings. The van der Waals surface area contributed by atoms with Crippen LogP contribution in [0.5, 0.6) is 0 Å². The van der Waals surface area contributed by atoms with Crippen molar-refractivity contribution in [2.75, 3.05) is 47.3 Å². The van der Waals surface area contributed by atoms with E-state index in [2.05, 4.69) is 45.2 Å². The first-order valence-electron chi connectivity index (χ1n) is 35.4. The summed E-state index contributed by atoms with van der Waals surface area (Å²) in [7, 11) is -2.25. The lowest BCUT2D eigenvalue weighted by atomic mass is 9.81. The summed E-state index contributed by atoms with van der Waals surface area (Å²) in [5.41, 5.74) is -2.22. The highest BCUT2D eigenvalue weighted by atomic mass is 31.2. The first-order valence-corrected chi connectivity index (χ1v) is 37.0. The molecule has 0 radical (unpaired) electrons. The van der Waals surface area contributed by atoms with Gasteiger partial charge in [0.15, 0.2) is 12.6 Å². The molecule has 526 valence electrons. The maximum atomic E-state index is 14.2. The van der Waals surface area contributed by atoms with Gasteiger partial charge in [-0.3, -0.25) is 9.32 Å². The van der Waals surface area contributed by atoms with E-state index in [-0.39, 0.29) is 51.6 Å². The van der Waals surface area contributed by atoms with Crippen LogP contribution < -0.4 is 5.32 Å². The molecule has 13 atom stereocenters. The predicted molar refractivity (Wildman–Crippen MR) is 347 cm³/mol. The van der Waals surface area contributed by atoms with Crippen LogP contribution in [0.4, 0.5) is 0 Å². The van der Waals surface area contributed by atoms with E-state index < -0.39 is 106 Å². The number of aliphatic hydroxyl groups excluding tert-OH is 3. The topological polar surface area (TPSA) is 288 Å². The standard InChI is InChI=1S/C68H130NO19P/c1-7-11-15-19-22-23-24-25-26-27-28-29-32-36-40-44-59(72)69-61-64(82-50-47-56(81-6)43-39-33-18-14-10-4)63(88-89(77,78)79)58(51-80-5)86-66(61)84-52-57-62(75)65(83-49-46-55(71)42-38-35-31-21-17-13-9-3)68(76,67(87-57)85-53-60(73)74)48-45-54(70)41-37-34-30-20-16-12-8-2/h23-24,54-58,61-67,70-71,75-76H,7-22,25-53H2,1-6H3,(H,69,72)(H,73,74)(H2,77,78,79)/b24-23-/t54-,55-,56-,57-,58-,61-,62-,63-,64-,65+,66-,67+,68-/m1/s1. The number of phosphoric ester groups is 1. The largest absolute Gasteiger partial charge is 0.480 e. The molecule has 0 aliphatic carbocycles. The summed E-state index contributed by atoms with van der Waals surface area (Å²) in [5.74, 6) is -1.76. The fourth-order valence-electron chi connectivity index (χ4n) is 12.1. The molecule has 2 saturated heterocycles. The second-order valence-electron chi connectivity index (χ2n) is 25.4. The lowest BCUT2D eigenvalue weighted by molar-refractivity contribution is -0.357. The van der Waals surface area contributed by atoms with E-state index in [4.69, 9.17) is 42.4 Å². The van der Waals surface area contributed by atoms with Gasteiger partial charge in [0, 0.05) is 33.9 Å². The van der Waals surface area contributed by atoms with E-state index in [1.807, 2.05) is 0 Å². The van der Waals surface area contributed by atoms with Crippen molar-refractivity contribution < 1.29 is 91.9 Å². The SMILES string of the molecule is CCCCCC/C=C\CCCCCCCCCC(=O)N[C@H]1[C@H](OC[C@H]2O[C@H](OCC(=O)O)[C@@](O)(CC[C@H](O)CCCCCCCCC)[C@@H](OCC[C@H](O)CCCCCCCCC)[C@@H]2O)O[C@H](COC)[C@@H](OP(=O)(O)O)[C@@H]1OCC[C@@H](CCCCCCC)OC. The van der Waals surface area contributed by atoms with Gasteiger partial charge in [0.1, 0.15) is 54.9 Å². The maximum Gasteiger partial charge on any atom is 0.470 e. The number of phosphoric acid groups is 1. The lowest BCUT2D eigenvalue weighted by Gasteiger charge is -2.50. The molecule has 0 spiro atoms. The molecule has 0 bridgehead atoms. The number of aliphatic carboxylic acids is 1. The van der Waals surface area contributed by atoms with E-state index in [1.165, 1.54) is 52.1 Å². The number of ether oxygens (including phenoxy) is 8. The third-order valence-corrected chi connectivity index (χ3v) is 18.0. The first kappa shape index (κ1) is 83.4. The van der Waals surface area contributed by atoms with Gasteiger partial charge in [-0.15, -0.1) is 0 Å². The number of carbonyl (C=O) groups is 2. The molecule has 0 unspecified atom stereocenters. The fourth-order valence-corrected chi connectivity index (χ4v) is 12.7. The first-order chi connectivity index (χ1) is 43.0. The molecule has 2 aliphatic rings. The summed E-state index contributed by atoms with van der Waals surface area (Å²) in [6, 6.07) is -1.29. The Bertz CT molecular complexity index is 1780. The highest BCUT2D eigenvalue weighted by Crippen LogP contribution is 2.43. The normalized spacial score (nSPS) is 24.3. The summed E-state index contributed by atoms with van der Waals surface area (Å²) in [5, 5.41) is 60.4. The van der Waals surface area contributed by atoms with Gasteiger partial charge in [-0.1, -0.05) is 213 Å². The minimum absolute atomic E-state index is 0.0272. The van der Waals surface area contributed by atoms with E-state index in [9.17, 15) is 49.5 Å². The fraction of sp³-hybridized carbons (Fsp3) is 0.941. The van der Waals surface area contributed by atoms with Crippen LogP contribution in [-0.4, -0.2) is 174 Å². The van der Waals surface area contributed by atoms with Crippen molar-refractivity contribution in [1.82, 2.24) is 5.32 Å². The van der Waals surface area contributed by atoms with Crippen molar-refractivity contribution >= 4 is 19.7 Å². The quantitative estimate of drug-likeness (QED) is 0.0159. The van der Waals surface area contributed by atoms with Gasteiger partial charge >= 0.3 is 13.8 Å². The van der Waals surface area contributed by atoms with Gasteiger partial charge in [0.2, 0.25) is 5.91 Å². The summed E-state index contributed by atoms with van der Waals surface area (Å²) in [4.78, 5) is 47.0. The summed E-state index contributed by atoms with van der Waals surface area (Å²) in [6.45, 7) is 6.94. The van der Waals surface area contributed by atoms with Gasteiger partial charge in [-0.25, -0.2) is 9.36 Å². The molecule has 0 aromatic heterocycles. The number of methoxy groups -OCH3 is 2. The van der Waals surface area contributed by atoms with Crippen LogP contribution >= 0.6 is 7.82 Å². The molecule has 2 aliphatic heterocycles. The van der Waals surface area contributed by atoms with Crippen molar-refractivity contribution in [2.24, 2.45) is 0 Å². The van der Waals surface area contributed by atoms with Gasteiger partial charge in [-0.05, 0) is 77.0 Å². The zero-order valence-corrected chi connectivity index (χ0v) is 57.3. The Balaban J connectivity index is 2.49. The van der Waals surface area contributed by atoms with Crippen molar-refractivity contribution in [2.45, 2.75) is 364 Å². The summed E-state index contributed by atoms with van der Waals surface area (Å²) in [6.07, 6.45) is 27.4. The number of aliphatic hydroxyl groups is 4. The van der Waals surface area contributed by atoms with Gasteiger partial charge in [0.25, 0.3) is 0 Å². The van der Waals surface area contributed by atoms with Gasteiger partial charge < -0.3 is 78.5 Å². The molecular formula is C68H130NO19P. The minimum Gasteiger partial charge on any atom is -0.480 e. The average Bonchev–Trinajstić information content (AvgIpc) is 1.24. The molecule has 2 rings (SSSR count). The molecule has 0 aromatic rings. The second-order valence-corrected chi connectivity index (χ2v) is 26.6. The van der Waals surface area contributed by atoms with Crippen LogP contribution in [0.3, 0.4) is 0 Å². The van der Waals surface area contributed by atoms with Crippen molar-refractivity contribution in [3.8, 4) is 0 Å². The molecular weight excluding hydrogens is 1170 g/mol. The summed E-state index contributed by atoms with van der Waals surface area (Å²) < 4.78 is 67.7. The van der Waals surface area contributed by atoms with E-state index >= 15 is 0 Å². The average molecular weight is 1300 g/mol. The number of hydrogen-bond donors (Lipinski definition) is 8. The minimum atomic E-state index is -5.25. The Morgan fingerprint density at radius 2 is 1.07 bits per heavy atom. The number of rotatable bonds is 60. The Hall–Kier alpha value is -1.69. The van der Waals surface area contributed by atoms with Crippen LogP contribution in [0.1, 0.15) is 285 Å². The monoisotopic (exact) mass is 1300 g/mol. The van der Waals surface area contributed by atoms with Crippen LogP contribution in [0.15, 0.2) is 12.2 Å². The van der Waals surface area contributed by atoms with Crippen LogP contribution in [-0.2, 0) is 56.6 Å². The number of nitrogens with one attached hydrogen (secondary N) is 1. The van der Waals surface area contributed by atoms with Gasteiger partial charge in [0.05, 0.1) is 31.5 Å². The second kappa shape index (κ2) is 52.6. The Morgan fingerprint density at radius 1 is 0.573 bits per heavy atom. The third-order valence-electron chi connectivity index (χ3n) is 17.5. The smallest absolute Gasteiger partial charge is 0.470 e. The van der Waals surface area contributed by atoms with Crippen molar-refractivity contribution in [3.63, 3.8) is 0 Å². The number of amides is 1. The molecule has 89 heavy (non-hydrogen) atoms. The van der Waals surface area contributed by atoms with E-state index in [1.54, 1.807) is 7.11 Å².